The quantitative estimate of drug-likeness (QED) is 0.901. The van der Waals surface area contributed by atoms with E-state index in [1.165, 1.54) is 6.33 Å². The van der Waals surface area contributed by atoms with E-state index in [4.69, 9.17) is 0 Å². The van der Waals surface area contributed by atoms with E-state index in [2.05, 4.69) is 27.1 Å². The fraction of sp³-hybridized carbons (Fsp3) is 0.692. The summed E-state index contributed by atoms with van der Waals surface area (Å²) in [6.07, 6.45) is 2.56. The number of nitrogens with zero attached hydrogens (tertiary/aromatic N) is 3. The summed E-state index contributed by atoms with van der Waals surface area (Å²) in [5, 5.41) is 3.28. The maximum atomic E-state index is 11.7. The molecule has 1 atom stereocenters. The Balaban J connectivity index is 2.25. The lowest BCUT2D eigenvalue weighted by molar-refractivity contribution is 0.566. The van der Waals surface area contributed by atoms with Crippen LogP contribution in [0.25, 0.3) is 0 Å². The number of sulfone groups is 1. The Morgan fingerprint density at radius 2 is 2.20 bits per heavy atom. The highest BCUT2D eigenvalue weighted by Gasteiger charge is 2.30. The lowest BCUT2D eigenvalue weighted by Gasteiger charge is -2.35. The van der Waals surface area contributed by atoms with Crippen molar-refractivity contribution in [2.24, 2.45) is 0 Å². The topological polar surface area (TPSA) is 75.2 Å². The van der Waals surface area contributed by atoms with Gasteiger partial charge in [-0.15, -0.1) is 0 Å². The van der Waals surface area contributed by atoms with Crippen LogP contribution >= 0.6 is 0 Å². The zero-order valence-electron chi connectivity index (χ0n) is 12.3. The molecule has 1 unspecified atom stereocenters. The second-order valence-electron chi connectivity index (χ2n) is 5.25. The molecule has 1 aliphatic heterocycles. The molecule has 0 bridgehead atoms. The normalized spacial score (nSPS) is 21.8. The van der Waals surface area contributed by atoms with Gasteiger partial charge in [0.15, 0.2) is 9.84 Å². The van der Waals surface area contributed by atoms with Crippen molar-refractivity contribution < 1.29 is 8.42 Å². The zero-order chi connectivity index (χ0) is 14.8. The second-order valence-corrected chi connectivity index (χ2v) is 7.48. The first-order valence-electron chi connectivity index (χ1n) is 6.97. The fourth-order valence-electron chi connectivity index (χ4n) is 2.47. The number of aromatic nitrogens is 2. The summed E-state index contributed by atoms with van der Waals surface area (Å²) < 4.78 is 23.3. The molecule has 0 radical (unpaired) electrons. The molecule has 20 heavy (non-hydrogen) atoms. The predicted octanol–water partition coefficient (Wildman–Crippen LogP) is 1.23. The van der Waals surface area contributed by atoms with E-state index in [0.717, 1.165) is 30.2 Å². The Kier molecular flexibility index (Phi) is 4.47. The van der Waals surface area contributed by atoms with E-state index in [0.29, 0.717) is 6.54 Å². The maximum Gasteiger partial charge on any atom is 0.154 e. The molecule has 6 nitrogen and oxygen atoms in total. The molecule has 2 rings (SSSR count). The summed E-state index contributed by atoms with van der Waals surface area (Å²) in [6, 6.07) is -0.0543. The molecule has 0 saturated carbocycles. The summed E-state index contributed by atoms with van der Waals surface area (Å²) in [4.78, 5) is 10.7. The molecule has 1 aromatic rings. The fourth-order valence-corrected chi connectivity index (χ4v) is 4.02. The maximum absolute atomic E-state index is 11.7. The van der Waals surface area contributed by atoms with Crippen molar-refractivity contribution in [3.63, 3.8) is 0 Å². The molecule has 112 valence electrons. The van der Waals surface area contributed by atoms with Crippen LogP contribution in [0, 0.1) is 6.92 Å². The molecule has 1 N–H and O–H groups in total. The molecule has 0 aromatic carbocycles. The van der Waals surface area contributed by atoms with Gasteiger partial charge in [-0.1, -0.05) is 6.92 Å². The van der Waals surface area contributed by atoms with Crippen molar-refractivity contribution in [1.82, 2.24) is 9.97 Å². The van der Waals surface area contributed by atoms with Crippen LogP contribution in [0.4, 0.5) is 11.6 Å². The largest absolute Gasteiger partial charge is 0.370 e. The van der Waals surface area contributed by atoms with Gasteiger partial charge in [0.05, 0.1) is 11.5 Å². The van der Waals surface area contributed by atoms with Gasteiger partial charge in [-0.2, -0.15) is 0 Å². The van der Waals surface area contributed by atoms with Gasteiger partial charge < -0.3 is 10.2 Å². The van der Waals surface area contributed by atoms with E-state index in [1.54, 1.807) is 0 Å². The predicted molar refractivity (Wildman–Crippen MR) is 81.0 cm³/mol. The van der Waals surface area contributed by atoms with E-state index >= 15 is 0 Å². The summed E-state index contributed by atoms with van der Waals surface area (Å²) in [7, 11) is -2.91. The molecule has 1 saturated heterocycles. The lowest BCUT2D eigenvalue weighted by atomic mass is 10.2. The van der Waals surface area contributed by atoms with Crippen molar-refractivity contribution in [3.05, 3.63) is 11.9 Å². The second kappa shape index (κ2) is 5.95. The molecule has 0 aliphatic carbocycles. The van der Waals surface area contributed by atoms with E-state index in [-0.39, 0.29) is 17.5 Å². The number of anilines is 2. The highest BCUT2D eigenvalue weighted by atomic mass is 32.2. The number of rotatable bonds is 4. The Labute approximate surface area is 120 Å². The van der Waals surface area contributed by atoms with E-state index in [9.17, 15) is 8.42 Å². The van der Waals surface area contributed by atoms with Crippen molar-refractivity contribution in [2.45, 2.75) is 33.2 Å². The lowest BCUT2D eigenvalue weighted by Crippen LogP contribution is -2.47. The summed E-state index contributed by atoms with van der Waals surface area (Å²) in [5.41, 5.74) is 0.979. The summed E-state index contributed by atoms with van der Waals surface area (Å²) in [5.74, 6) is 2.05. The molecule has 0 spiro atoms. The molecule has 7 heteroatoms. The minimum absolute atomic E-state index is 0.0543. The van der Waals surface area contributed by atoms with Crippen LogP contribution < -0.4 is 10.2 Å². The average molecular weight is 298 g/mol. The molecule has 1 aliphatic rings. The van der Waals surface area contributed by atoms with Gasteiger partial charge >= 0.3 is 0 Å². The van der Waals surface area contributed by atoms with Crippen molar-refractivity contribution in [2.75, 3.05) is 34.8 Å². The first kappa shape index (κ1) is 15.0. The molecule has 0 amide bonds. The van der Waals surface area contributed by atoms with Crippen LogP contribution in [0.15, 0.2) is 6.33 Å². The van der Waals surface area contributed by atoms with Gasteiger partial charge in [0.2, 0.25) is 0 Å². The van der Waals surface area contributed by atoms with Crippen LogP contribution in [0.2, 0.25) is 0 Å². The van der Waals surface area contributed by atoms with E-state index in [1.807, 2.05) is 13.8 Å². The van der Waals surface area contributed by atoms with Crippen LogP contribution in [0.1, 0.15) is 25.8 Å². The summed E-state index contributed by atoms with van der Waals surface area (Å²) in [6.45, 7) is 7.36. The minimum Gasteiger partial charge on any atom is -0.370 e. The number of hydrogen-bond acceptors (Lipinski definition) is 6. The third kappa shape index (κ3) is 3.20. The monoisotopic (exact) mass is 298 g/mol. The van der Waals surface area contributed by atoms with Crippen LogP contribution in [0.5, 0.6) is 0 Å². The summed E-state index contributed by atoms with van der Waals surface area (Å²) >= 11 is 0. The molecule has 2 heterocycles. The Hall–Kier alpha value is -1.37. The van der Waals surface area contributed by atoms with Gasteiger partial charge in [-0.3, -0.25) is 0 Å². The minimum atomic E-state index is -2.91. The van der Waals surface area contributed by atoms with Gasteiger partial charge in [-0.05, 0) is 20.3 Å². The Bertz CT molecular complexity index is 574. The molecule has 1 aromatic heterocycles. The van der Waals surface area contributed by atoms with Gasteiger partial charge in [0.25, 0.3) is 0 Å². The van der Waals surface area contributed by atoms with Crippen LogP contribution in [-0.4, -0.2) is 49.0 Å². The Morgan fingerprint density at radius 1 is 1.45 bits per heavy atom. The van der Waals surface area contributed by atoms with Crippen molar-refractivity contribution in [1.29, 1.82) is 0 Å². The Morgan fingerprint density at radius 3 is 2.85 bits per heavy atom. The van der Waals surface area contributed by atoms with Crippen LogP contribution in [0.3, 0.4) is 0 Å². The first-order valence-corrected chi connectivity index (χ1v) is 8.79. The van der Waals surface area contributed by atoms with Crippen molar-refractivity contribution in [3.8, 4) is 0 Å². The number of hydrogen-bond donors (Lipinski definition) is 1. The van der Waals surface area contributed by atoms with Gasteiger partial charge in [-0.25, -0.2) is 18.4 Å². The zero-order valence-corrected chi connectivity index (χ0v) is 13.1. The smallest absolute Gasteiger partial charge is 0.154 e. The van der Waals surface area contributed by atoms with E-state index < -0.39 is 9.84 Å². The van der Waals surface area contributed by atoms with Crippen molar-refractivity contribution >= 4 is 21.5 Å². The average Bonchev–Trinajstić information content (AvgIpc) is 2.37. The number of nitrogens with one attached hydrogen (secondary N) is 1. The molecule has 1 fully saturated rings. The SMILES string of the molecule is CCCNc1ncnc(N2CCS(=O)(=O)CC2C)c1C. The third-order valence-electron chi connectivity index (χ3n) is 3.54. The van der Waals surface area contributed by atoms with Gasteiger partial charge in [0.1, 0.15) is 18.0 Å². The first-order chi connectivity index (χ1) is 9.44. The standard InChI is InChI=1S/C13H22N4O2S/c1-4-5-14-12-11(3)13(16-9-15-12)17-6-7-20(18,19)8-10(17)2/h9-10H,4-8H2,1-3H3,(H,14,15,16). The molecular weight excluding hydrogens is 276 g/mol. The third-order valence-corrected chi connectivity index (χ3v) is 5.34. The highest BCUT2D eigenvalue weighted by molar-refractivity contribution is 7.91. The van der Waals surface area contributed by atoms with Crippen LogP contribution in [-0.2, 0) is 9.84 Å². The molecular formula is C13H22N4O2S. The highest BCUT2D eigenvalue weighted by Crippen LogP contribution is 2.26. The van der Waals surface area contributed by atoms with Gasteiger partial charge in [0, 0.05) is 24.7 Å².